The molecule has 2 aromatic carbocycles. The summed E-state index contributed by atoms with van der Waals surface area (Å²) < 4.78 is 39.7. The van der Waals surface area contributed by atoms with Gasteiger partial charge in [0.15, 0.2) is 17.5 Å². The molecular formula is C16H11F3N2. The van der Waals surface area contributed by atoms with Crippen molar-refractivity contribution in [2.75, 3.05) is 0 Å². The molecule has 0 amide bonds. The Kier molecular flexibility index (Phi) is 3.35. The van der Waals surface area contributed by atoms with E-state index < -0.39 is 23.5 Å². The Morgan fingerprint density at radius 3 is 2.33 bits per heavy atom. The molecule has 3 aromatic rings. The van der Waals surface area contributed by atoms with E-state index in [1.165, 1.54) is 0 Å². The van der Waals surface area contributed by atoms with E-state index >= 15 is 0 Å². The number of hydrogen-bond acceptors (Lipinski definition) is 2. The molecule has 1 unspecified atom stereocenters. The number of fused-ring (bicyclic) bond motifs is 1. The number of hydrogen-bond donors (Lipinski definition) is 1. The number of para-hydroxylation sites is 1. The lowest BCUT2D eigenvalue weighted by Crippen LogP contribution is -2.14. The highest BCUT2D eigenvalue weighted by atomic mass is 19.2. The number of benzene rings is 2. The van der Waals surface area contributed by atoms with Crippen molar-refractivity contribution in [3.63, 3.8) is 0 Å². The van der Waals surface area contributed by atoms with Gasteiger partial charge in [-0.1, -0.05) is 24.3 Å². The predicted molar refractivity (Wildman–Crippen MR) is 74.1 cm³/mol. The Bertz CT molecular complexity index is 789. The van der Waals surface area contributed by atoms with E-state index in [9.17, 15) is 13.2 Å². The molecule has 1 atom stereocenters. The van der Waals surface area contributed by atoms with Crippen LogP contribution in [0.3, 0.4) is 0 Å². The second-order valence-electron chi connectivity index (χ2n) is 4.70. The minimum Gasteiger partial charge on any atom is -0.320 e. The van der Waals surface area contributed by atoms with Crippen molar-refractivity contribution in [2.45, 2.75) is 6.04 Å². The van der Waals surface area contributed by atoms with Gasteiger partial charge in [-0.05, 0) is 29.3 Å². The van der Waals surface area contributed by atoms with Gasteiger partial charge in [-0.2, -0.15) is 0 Å². The Balaban J connectivity index is 2.15. The molecule has 0 fully saturated rings. The van der Waals surface area contributed by atoms with E-state index in [2.05, 4.69) is 4.98 Å². The third-order valence-corrected chi connectivity index (χ3v) is 3.36. The van der Waals surface area contributed by atoms with Crippen LogP contribution in [0.25, 0.3) is 10.9 Å². The molecule has 5 heteroatoms. The van der Waals surface area contributed by atoms with Crippen LogP contribution < -0.4 is 5.73 Å². The molecular weight excluding hydrogens is 277 g/mol. The van der Waals surface area contributed by atoms with E-state index in [0.717, 1.165) is 17.5 Å². The summed E-state index contributed by atoms with van der Waals surface area (Å²) in [5.74, 6) is -4.01. The smallest absolute Gasteiger partial charge is 0.194 e. The third-order valence-electron chi connectivity index (χ3n) is 3.36. The molecule has 0 radical (unpaired) electrons. The van der Waals surface area contributed by atoms with E-state index in [0.29, 0.717) is 11.1 Å². The number of rotatable bonds is 2. The van der Waals surface area contributed by atoms with Gasteiger partial charge >= 0.3 is 0 Å². The first-order chi connectivity index (χ1) is 10.1. The van der Waals surface area contributed by atoms with Crippen LogP contribution in [0.5, 0.6) is 0 Å². The van der Waals surface area contributed by atoms with E-state index in [-0.39, 0.29) is 5.56 Å². The molecule has 106 valence electrons. The zero-order chi connectivity index (χ0) is 15.0. The molecule has 1 heterocycles. The van der Waals surface area contributed by atoms with E-state index in [4.69, 9.17) is 5.73 Å². The maximum Gasteiger partial charge on any atom is 0.194 e. The average Bonchev–Trinajstić information content (AvgIpc) is 2.51. The van der Waals surface area contributed by atoms with Crippen LogP contribution >= 0.6 is 0 Å². The Morgan fingerprint density at radius 1 is 0.952 bits per heavy atom. The Labute approximate surface area is 119 Å². The highest BCUT2D eigenvalue weighted by Crippen LogP contribution is 2.27. The van der Waals surface area contributed by atoms with Gasteiger partial charge in [-0.3, -0.25) is 4.98 Å². The van der Waals surface area contributed by atoms with Crippen molar-refractivity contribution in [3.8, 4) is 0 Å². The van der Waals surface area contributed by atoms with Crippen molar-refractivity contribution in [1.29, 1.82) is 0 Å². The quantitative estimate of drug-likeness (QED) is 0.730. The number of nitrogens with zero attached hydrogens (tertiary/aromatic N) is 1. The molecule has 0 bridgehead atoms. The molecule has 0 spiro atoms. The minimum atomic E-state index is -1.50. The number of nitrogens with two attached hydrogens (primary N) is 1. The molecule has 0 aliphatic rings. The van der Waals surface area contributed by atoms with Crippen LogP contribution in [0.1, 0.15) is 17.2 Å². The highest BCUT2D eigenvalue weighted by molar-refractivity contribution is 5.82. The van der Waals surface area contributed by atoms with E-state index in [1.54, 1.807) is 24.4 Å². The molecule has 1 aromatic heterocycles. The Hall–Kier alpha value is -2.40. The molecule has 2 nitrogen and oxygen atoms in total. The lowest BCUT2D eigenvalue weighted by atomic mass is 9.97. The SMILES string of the molecule is NC(c1cc(F)c(F)c(F)c1)c1cccc2cccnc12. The number of aromatic nitrogens is 1. The molecule has 0 saturated heterocycles. The summed E-state index contributed by atoms with van der Waals surface area (Å²) in [6.07, 6.45) is 1.62. The van der Waals surface area contributed by atoms with Crippen molar-refractivity contribution < 1.29 is 13.2 Å². The zero-order valence-corrected chi connectivity index (χ0v) is 10.9. The Morgan fingerprint density at radius 2 is 1.62 bits per heavy atom. The standard InChI is InChI=1S/C16H11F3N2/c17-12-7-10(8-13(18)14(12)19)15(20)11-5-1-3-9-4-2-6-21-16(9)11/h1-8,15H,20H2. The van der Waals surface area contributed by atoms with Gasteiger partial charge in [0.25, 0.3) is 0 Å². The maximum absolute atomic E-state index is 13.3. The number of pyridine rings is 1. The van der Waals surface area contributed by atoms with Crippen LogP contribution in [0, 0.1) is 17.5 Å². The van der Waals surface area contributed by atoms with Crippen LogP contribution in [-0.4, -0.2) is 4.98 Å². The first kappa shape index (κ1) is 13.6. The number of halogens is 3. The minimum absolute atomic E-state index is 0.157. The van der Waals surface area contributed by atoms with Crippen molar-refractivity contribution in [1.82, 2.24) is 4.98 Å². The van der Waals surface area contributed by atoms with Crippen LogP contribution in [0.2, 0.25) is 0 Å². The largest absolute Gasteiger partial charge is 0.320 e. The van der Waals surface area contributed by atoms with Gasteiger partial charge in [0.2, 0.25) is 0 Å². The predicted octanol–water partition coefficient (Wildman–Crippen LogP) is 3.70. The van der Waals surface area contributed by atoms with Gasteiger partial charge in [-0.25, -0.2) is 13.2 Å². The third kappa shape index (κ3) is 2.36. The normalized spacial score (nSPS) is 12.6. The monoisotopic (exact) mass is 288 g/mol. The first-order valence-corrected chi connectivity index (χ1v) is 6.31. The van der Waals surface area contributed by atoms with Crippen molar-refractivity contribution >= 4 is 10.9 Å². The summed E-state index contributed by atoms with van der Waals surface area (Å²) in [6.45, 7) is 0. The van der Waals surface area contributed by atoms with Gasteiger partial charge in [-0.15, -0.1) is 0 Å². The summed E-state index contributed by atoms with van der Waals surface area (Å²) in [4.78, 5) is 4.25. The summed E-state index contributed by atoms with van der Waals surface area (Å²) in [5.41, 5.74) is 7.51. The molecule has 0 saturated carbocycles. The van der Waals surface area contributed by atoms with Crippen molar-refractivity contribution in [2.24, 2.45) is 5.73 Å². The lowest BCUT2D eigenvalue weighted by Gasteiger charge is -2.15. The second kappa shape index (κ2) is 5.18. The maximum atomic E-state index is 13.3. The fraction of sp³-hybridized carbons (Fsp3) is 0.0625. The second-order valence-corrected chi connectivity index (χ2v) is 4.70. The molecule has 0 aliphatic heterocycles. The summed E-state index contributed by atoms with van der Waals surface area (Å²) in [7, 11) is 0. The summed E-state index contributed by atoms with van der Waals surface area (Å²) >= 11 is 0. The van der Waals surface area contributed by atoms with Gasteiger partial charge in [0.1, 0.15) is 0 Å². The van der Waals surface area contributed by atoms with Crippen LogP contribution in [0.4, 0.5) is 13.2 Å². The van der Waals surface area contributed by atoms with Crippen LogP contribution in [0.15, 0.2) is 48.7 Å². The fourth-order valence-corrected chi connectivity index (χ4v) is 2.31. The lowest BCUT2D eigenvalue weighted by molar-refractivity contribution is 0.444. The summed E-state index contributed by atoms with van der Waals surface area (Å²) in [5, 5.41) is 0.869. The average molecular weight is 288 g/mol. The summed E-state index contributed by atoms with van der Waals surface area (Å²) in [6, 6.07) is 10.1. The first-order valence-electron chi connectivity index (χ1n) is 6.31. The van der Waals surface area contributed by atoms with Gasteiger partial charge in [0.05, 0.1) is 11.6 Å². The molecule has 3 rings (SSSR count). The zero-order valence-electron chi connectivity index (χ0n) is 10.9. The van der Waals surface area contributed by atoms with Crippen LogP contribution in [-0.2, 0) is 0 Å². The molecule has 2 N–H and O–H groups in total. The van der Waals surface area contributed by atoms with Gasteiger partial charge < -0.3 is 5.73 Å². The molecule has 0 aliphatic carbocycles. The topological polar surface area (TPSA) is 38.9 Å². The fourth-order valence-electron chi connectivity index (χ4n) is 2.31. The van der Waals surface area contributed by atoms with Gasteiger partial charge in [0, 0.05) is 11.6 Å². The molecule has 21 heavy (non-hydrogen) atoms. The van der Waals surface area contributed by atoms with Crippen molar-refractivity contribution in [3.05, 3.63) is 77.2 Å². The van der Waals surface area contributed by atoms with E-state index in [1.807, 2.05) is 12.1 Å². The highest BCUT2D eigenvalue weighted by Gasteiger charge is 2.18.